The van der Waals surface area contributed by atoms with Gasteiger partial charge in [0.25, 0.3) is 0 Å². The maximum Gasteiger partial charge on any atom is 0.0106 e. The van der Waals surface area contributed by atoms with Crippen molar-refractivity contribution in [2.45, 2.75) is 27.2 Å². The fraction of sp³-hybridized carbons (Fsp3) is 0.625. The number of benzene rings is 1. The van der Waals surface area contributed by atoms with Gasteiger partial charge in [0.15, 0.2) is 0 Å². The SMILES string of the molecule is CC.Cc1ccc(CCN(C)CCN(C)C)cc1. The minimum atomic E-state index is 1.13. The molecule has 0 saturated carbocycles. The van der Waals surface area contributed by atoms with Crippen molar-refractivity contribution in [1.29, 1.82) is 0 Å². The van der Waals surface area contributed by atoms with Gasteiger partial charge in [0.2, 0.25) is 0 Å². The summed E-state index contributed by atoms with van der Waals surface area (Å²) in [4.78, 5) is 4.61. The van der Waals surface area contributed by atoms with Crippen LogP contribution in [0.15, 0.2) is 24.3 Å². The molecule has 0 atom stereocenters. The van der Waals surface area contributed by atoms with Crippen LogP contribution in [0.4, 0.5) is 0 Å². The zero-order chi connectivity index (χ0) is 14.0. The lowest BCUT2D eigenvalue weighted by Crippen LogP contribution is -2.30. The van der Waals surface area contributed by atoms with Gasteiger partial charge >= 0.3 is 0 Å². The highest BCUT2D eigenvalue weighted by atomic mass is 15.1. The van der Waals surface area contributed by atoms with Crippen molar-refractivity contribution in [3.63, 3.8) is 0 Å². The molecule has 18 heavy (non-hydrogen) atoms. The third-order valence-electron chi connectivity index (χ3n) is 2.83. The molecule has 1 rings (SSSR count). The van der Waals surface area contributed by atoms with E-state index in [0.717, 1.165) is 26.1 Å². The van der Waals surface area contributed by atoms with Crippen molar-refractivity contribution >= 4 is 0 Å². The first-order valence-electron chi connectivity index (χ1n) is 6.97. The molecule has 0 spiro atoms. The van der Waals surface area contributed by atoms with E-state index in [1.807, 2.05) is 13.8 Å². The average Bonchev–Trinajstić information content (AvgIpc) is 2.38. The Balaban J connectivity index is 0.00000137. The topological polar surface area (TPSA) is 6.48 Å². The van der Waals surface area contributed by atoms with E-state index in [0.29, 0.717) is 0 Å². The molecular formula is C16H30N2. The maximum absolute atomic E-state index is 2.39. The second-order valence-electron chi connectivity index (χ2n) is 4.84. The van der Waals surface area contributed by atoms with Crippen molar-refractivity contribution in [3.8, 4) is 0 Å². The van der Waals surface area contributed by atoms with Gasteiger partial charge in [-0.05, 0) is 40.1 Å². The number of likely N-dealkylation sites (N-methyl/N-ethyl adjacent to an activating group) is 2. The third kappa shape index (κ3) is 8.26. The molecule has 0 saturated heterocycles. The van der Waals surface area contributed by atoms with Crippen LogP contribution in [0.5, 0.6) is 0 Å². The van der Waals surface area contributed by atoms with Gasteiger partial charge in [-0.3, -0.25) is 0 Å². The number of rotatable bonds is 6. The predicted octanol–water partition coefficient (Wildman–Crippen LogP) is 3.06. The van der Waals surface area contributed by atoms with Crippen molar-refractivity contribution < 1.29 is 0 Å². The summed E-state index contributed by atoms with van der Waals surface area (Å²) >= 11 is 0. The number of hydrogen-bond acceptors (Lipinski definition) is 2. The number of aryl methyl sites for hydroxylation is 1. The van der Waals surface area contributed by atoms with Crippen LogP contribution in [0.3, 0.4) is 0 Å². The van der Waals surface area contributed by atoms with Crippen molar-refractivity contribution in [1.82, 2.24) is 9.80 Å². The second kappa shape index (κ2) is 10.1. The fourth-order valence-electron chi connectivity index (χ4n) is 1.56. The summed E-state index contributed by atoms with van der Waals surface area (Å²) in [5.41, 5.74) is 2.77. The Hall–Kier alpha value is -0.860. The molecule has 2 heteroatoms. The second-order valence-corrected chi connectivity index (χ2v) is 4.84. The van der Waals surface area contributed by atoms with Crippen LogP contribution in [0.1, 0.15) is 25.0 Å². The molecule has 0 unspecified atom stereocenters. The third-order valence-corrected chi connectivity index (χ3v) is 2.83. The number of hydrogen-bond donors (Lipinski definition) is 0. The van der Waals surface area contributed by atoms with Gasteiger partial charge in [0.1, 0.15) is 0 Å². The van der Waals surface area contributed by atoms with Gasteiger partial charge in [0, 0.05) is 19.6 Å². The molecule has 0 aromatic heterocycles. The van der Waals surface area contributed by atoms with Gasteiger partial charge in [-0.25, -0.2) is 0 Å². The zero-order valence-electron chi connectivity index (χ0n) is 13.0. The minimum Gasteiger partial charge on any atom is -0.308 e. The summed E-state index contributed by atoms with van der Waals surface area (Å²) in [6.07, 6.45) is 1.14. The van der Waals surface area contributed by atoms with Gasteiger partial charge in [-0.1, -0.05) is 43.7 Å². The van der Waals surface area contributed by atoms with Crippen LogP contribution in [0.25, 0.3) is 0 Å². The highest BCUT2D eigenvalue weighted by molar-refractivity contribution is 5.21. The molecule has 0 radical (unpaired) electrons. The zero-order valence-corrected chi connectivity index (χ0v) is 13.0. The first-order valence-corrected chi connectivity index (χ1v) is 6.97. The summed E-state index contributed by atoms with van der Waals surface area (Å²) in [5.74, 6) is 0. The van der Waals surface area contributed by atoms with E-state index in [2.05, 4.69) is 62.1 Å². The summed E-state index contributed by atoms with van der Waals surface area (Å²) in [7, 11) is 6.43. The summed E-state index contributed by atoms with van der Waals surface area (Å²) in [6.45, 7) is 9.53. The molecule has 0 aliphatic rings. The largest absolute Gasteiger partial charge is 0.308 e. The lowest BCUT2D eigenvalue weighted by Gasteiger charge is -2.19. The maximum atomic E-state index is 2.39. The quantitative estimate of drug-likeness (QED) is 0.765. The Morgan fingerprint density at radius 2 is 1.39 bits per heavy atom. The molecule has 0 aliphatic heterocycles. The van der Waals surface area contributed by atoms with E-state index in [-0.39, 0.29) is 0 Å². The molecule has 0 amide bonds. The molecule has 0 bridgehead atoms. The van der Waals surface area contributed by atoms with Gasteiger partial charge < -0.3 is 9.80 Å². The van der Waals surface area contributed by atoms with Gasteiger partial charge in [-0.2, -0.15) is 0 Å². The van der Waals surface area contributed by atoms with E-state index in [4.69, 9.17) is 0 Å². The van der Waals surface area contributed by atoms with Crippen LogP contribution >= 0.6 is 0 Å². The normalized spacial score (nSPS) is 10.4. The summed E-state index contributed by atoms with van der Waals surface area (Å²) in [6, 6.07) is 8.84. The van der Waals surface area contributed by atoms with E-state index >= 15 is 0 Å². The summed E-state index contributed by atoms with van der Waals surface area (Å²) in [5, 5.41) is 0. The highest BCUT2D eigenvalue weighted by Gasteiger charge is 2.00. The lowest BCUT2D eigenvalue weighted by atomic mass is 10.1. The fourth-order valence-corrected chi connectivity index (χ4v) is 1.56. The lowest BCUT2D eigenvalue weighted by molar-refractivity contribution is 0.284. The van der Waals surface area contributed by atoms with Crippen LogP contribution in [-0.2, 0) is 6.42 Å². The molecule has 0 aliphatic carbocycles. The molecule has 1 aromatic rings. The minimum absolute atomic E-state index is 1.13. The standard InChI is InChI=1S/C14H24N2.C2H6/c1-13-5-7-14(8-6-13)9-10-16(4)12-11-15(2)3;1-2/h5-8H,9-12H2,1-4H3;1-2H3. The van der Waals surface area contributed by atoms with Gasteiger partial charge in [0.05, 0.1) is 0 Å². The Bertz CT molecular complexity index is 290. The van der Waals surface area contributed by atoms with E-state index in [1.165, 1.54) is 11.1 Å². The first-order chi connectivity index (χ1) is 8.58. The average molecular weight is 250 g/mol. The van der Waals surface area contributed by atoms with Crippen molar-refractivity contribution in [2.75, 3.05) is 40.8 Å². The van der Waals surface area contributed by atoms with E-state index in [9.17, 15) is 0 Å². The molecular weight excluding hydrogens is 220 g/mol. The Kier molecular flexibility index (Phi) is 9.62. The molecule has 1 aromatic carbocycles. The van der Waals surface area contributed by atoms with Crippen molar-refractivity contribution in [2.24, 2.45) is 0 Å². The Morgan fingerprint density at radius 1 is 0.833 bits per heavy atom. The van der Waals surface area contributed by atoms with Gasteiger partial charge in [-0.15, -0.1) is 0 Å². The smallest absolute Gasteiger partial charge is 0.0106 e. The first kappa shape index (κ1) is 17.1. The van der Waals surface area contributed by atoms with Crippen LogP contribution in [0, 0.1) is 6.92 Å². The Labute approximate surface area is 114 Å². The Morgan fingerprint density at radius 3 is 1.89 bits per heavy atom. The summed E-state index contributed by atoms with van der Waals surface area (Å²) < 4.78 is 0. The highest BCUT2D eigenvalue weighted by Crippen LogP contribution is 2.04. The molecule has 0 heterocycles. The van der Waals surface area contributed by atoms with E-state index in [1.54, 1.807) is 0 Å². The predicted molar refractivity (Wildman–Crippen MR) is 82.3 cm³/mol. The molecule has 0 fully saturated rings. The number of nitrogens with zero attached hydrogens (tertiary/aromatic N) is 2. The molecule has 104 valence electrons. The van der Waals surface area contributed by atoms with Crippen LogP contribution in [-0.4, -0.2) is 50.6 Å². The molecule has 2 nitrogen and oxygen atoms in total. The monoisotopic (exact) mass is 250 g/mol. The van der Waals surface area contributed by atoms with Crippen LogP contribution < -0.4 is 0 Å². The molecule has 0 N–H and O–H groups in total. The van der Waals surface area contributed by atoms with E-state index < -0.39 is 0 Å². The van der Waals surface area contributed by atoms with Crippen LogP contribution in [0.2, 0.25) is 0 Å². The van der Waals surface area contributed by atoms with Crippen molar-refractivity contribution in [3.05, 3.63) is 35.4 Å².